The van der Waals surface area contributed by atoms with E-state index in [0.717, 1.165) is 20.8 Å². The number of halogens is 1. The summed E-state index contributed by atoms with van der Waals surface area (Å²) in [5.41, 5.74) is 0.864. The third-order valence-corrected chi connectivity index (χ3v) is 4.45. The van der Waals surface area contributed by atoms with Crippen LogP contribution in [0.5, 0.6) is 5.75 Å². The van der Waals surface area contributed by atoms with Crippen molar-refractivity contribution >= 4 is 38.6 Å². The molecule has 26 heavy (non-hydrogen) atoms. The Morgan fingerprint density at radius 3 is 2.42 bits per heavy atom. The highest BCUT2D eigenvalue weighted by Crippen LogP contribution is 2.25. The largest absolute Gasteiger partial charge is 0.426 e. The molecule has 0 saturated heterocycles. The predicted molar refractivity (Wildman–Crippen MR) is 105 cm³/mol. The molecule has 0 aliphatic carbocycles. The van der Waals surface area contributed by atoms with E-state index < -0.39 is 12.0 Å². The zero-order valence-corrected chi connectivity index (χ0v) is 15.8. The topological polar surface area (TPSA) is 55.4 Å². The first-order valence-corrected chi connectivity index (χ1v) is 9.02. The van der Waals surface area contributed by atoms with Gasteiger partial charge in [0.1, 0.15) is 5.75 Å². The van der Waals surface area contributed by atoms with E-state index in [1.807, 2.05) is 60.7 Å². The van der Waals surface area contributed by atoms with Crippen molar-refractivity contribution in [2.45, 2.75) is 19.4 Å². The van der Waals surface area contributed by atoms with E-state index in [9.17, 15) is 9.59 Å². The predicted octanol–water partition coefficient (Wildman–Crippen LogP) is 4.78. The molecule has 0 aromatic heterocycles. The van der Waals surface area contributed by atoms with Crippen molar-refractivity contribution in [2.24, 2.45) is 0 Å². The van der Waals surface area contributed by atoms with Crippen LogP contribution in [0.2, 0.25) is 0 Å². The van der Waals surface area contributed by atoms with Crippen LogP contribution < -0.4 is 10.1 Å². The number of hydrogen-bond donors (Lipinski definition) is 1. The Kier molecular flexibility index (Phi) is 5.68. The highest BCUT2D eigenvalue weighted by atomic mass is 79.9. The second-order valence-electron chi connectivity index (χ2n) is 6.00. The fourth-order valence-corrected chi connectivity index (χ4v) is 3.16. The summed E-state index contributed by atoms with van der Waals surface area (Å²) in [5, 5.41) is 4.84. The number of fused-ring (bicyclic) bond motifs is 1. The second kappa shape index (κ2) is 8.15. The normalized spacial score (nSPS) is 11.8. The number of amides is 1. The number of esters is 1. The molecule has 3 aromatic rings. The Morgan fingerprint density at radius 2 is 1.69 bits per heavy atom. The second-order valence-corrected chi connectivity index (χ2v) is 6.91. The maximum absolute atomic E-state index is 12.4. The van der Waals surface area contributed by atoms with Crippen molar-refractivity contribution in [3.05, 3.63) is 76.8 Å². The average Bonchev–Trinajstić information content (AvgIpc) is 2.61. The molecule has 0 bridgehead atoms. The lowest BCUT2D eigenvalue weighted by Crippen LogP contribution is -2.29. The van der Waals surface area contributed by atoms with Crippen LogP contribution in [0.25, 0.3) is 10.8 Å². The van der Waals surface area contributed by atoms with Gasteiger partial charge in [-0.05, 0) is 40.6 Å². The molecule has 0 aliphatic rings. The Labute approximate surface area is 160 Å². The van der Waals surface area contributed by atoms with Crippen LogP contribution in [-0.4, -0.2) is 11.9 Å². The monoisotopic (exact) mass is 411 g/mol. The Hall–Kier alpha value is -2.66. The third-order valence-electron chi connectivity index (χ3n) is 3.96. The van der Waals surface area contributed by atoms with Gasteiger partial charge >= 0.3 is 5.97 Å². The van der Waals surface area contributed by atoms with Gasteiger partial charge < -0.3 is 10.1 Å². The van der Waals surface area contributed by atoms with E-state index in [0.29, 0.717) is 5.75 Å². The molecule has 132 valence electrons. The first kappa shape index (κ1) is 18.1. The number of carbonyl (C=O) groups is 2. The van der Waals surface area contributed by atoms with Gasteiger partial charge in [-0.2, -0.15) is 0 Å². The van der Waals surface area contributed by atoms with Crippen molar-refractivity contribution in [1.82, 2.24) is 5.32 Å². The zero-order valence-electron chi connectivity index (χ0n) is 14.2. The molecule has 0 saturated carbocycles. The summed E-state index contributed by atoms with van der Waals surface area (Å²) >= 11 is 3.44. The van der Waals surface area contributed by atoms with E-state index in [1.165, 1.54) is 6.92 Å². The summed E-state index contributed by atoms with van der Waals surface area (Å²) in [6.45, 7) is 1.43. The Bertz CT molecular complexity index is 940. The van der Waals surface area contributed by atoms with Crippen LogP contribution in [0, 0.1) is 0 Å². The van der Waals surface area contributed by atoms with Gasteiger partial charge in [-0.15, -0.1) is 0 Å². The quantitative estimate of drug-likeness (QED) is 0.485. The summed E-state index contributed by atoms with van der Waals surface area (Å²) in [7, 11) is 0. The maximum atomic E-state index is 12.4. The van der Waals surface area contributed by atoms with E-state index in [4.69, 9.17) is 4.74 Å². The van der Waals surface area contributed by atoms with Crippen molar-refractivity contribution in [3.8, 4) is 5.75 Å². The number of benzene rings is 3. The van der Waals surface area contributed by atoms with Crippen LogP contribution in [0.3, 0.4) is 0 Å². The van der Waals surface area contributed by atoms with Gasteiger partial charge in [0, 0.05) is 11.4 Å². The molecule has 1 atom stereocenters. The average molecular weight is 412 g/mol. The molecular formula is C21H18BrNO3. The van der Waals surface area contributed by atoms with Crippen LogP contribution >= 0.6 is 15.9 Å². The minimum atomic E-state index is -0.419. The van der Waals surface area contributed by atoms with E-state index in [2.05, 4.69) is 21.2 Å². The molecule has 4 nitrogen and oxygen atoms in total. The molecular weight excluding hydrogens is 394 g/mol. The van der Waals surface area contributed by atoms with Gasteiger partial charge in [0.05, 0.1) is 12.5 Å². The number of nitrogens with one attached hydrogen (secondary N) is 1. The summed E-state index contributed by atoms with van der Waals surface area (Å²) in [6.07, 6.45) is 0.0575. The highest BCUT2D eigenvalue weighted by molar-refractivity contribution is 9.10. The zero-order chi connectivity index (χ0) is 18.5. The molecule has 3 aromatic carbocycles. The molecule has 5 heteroatoms. The van der Waals surface area contributed by atoms with Crippen molar-refractivity contribution in [3.63, 3.8) is 0 Å². The standard InChI is InChI=1S/C21H18BrNO3/c1-14(24)23-20(15-5-3-2-4-6-15)13-21(25)26-19-10-8-16-11-18(22)9-7-17(16)12-19/h2-12,20H,13H2,1H3,(H,23,24)/t20-/m1/s1. The van der Waals surface area contributed by atoms with E-state index in [-0.39, 0.29) is 12.3 Å². The van der Waals surface area contributed by atoms with Gasteiger partial charge in [-0.3, -0.25) is 9.59 Å². The van der Waals surface area contributed by atoms with Gasteiger partial charge in [-0.25, -0.2) is 0 Å². The molecule has 0 heterocycles. The Balaban J connectivity index is 1.73. The maximum Gasteiger partial charge on any atom is 0.313 e. The molecule has 0 fully saturated rings. The lowest BCUT2D eigenvalue weighted by molar-refractivity contribution is -0.135. The first-order chi connectivity index (χ1) is 12.5. The van der Waals surface area contributed by atoms with Gasteiger partial charge in [0.2, 0.25) is 5.91 Å². The molecule has 0 aliphatic heterocycles. The summed E-state index contributed by atoms with van der Waals surface area (Å²) in [4.78, 5) is 23.9. The van der Waals surface area contributed by atoms with Gasteiger partial charge in [0.25, 0.3) is 0 Å². The molecule has 0 spiro atoms. The minimum absolute atomic E-state index is 0.0575. The van der Waals surface area contributed by atoms with Crippen molar-refractivity contribution in [2.75, 3.05) is 0 Å². The van der Waals surface area contributed by atoms with Crippen molar-refractivity contribution in [1.29, 1.82) is 0 Å². The Morgan fingerprint density at radius 1 is 1.00 bits per heavy atom. The summed E-state index contributed by atoms with van der Waals surface area (Å²) < 4.78 is 6.48. The fourth-order valence-electron chi connectivity index (χ4n) is 2.78. The van der Waals surface area contributed by atoms with E-state index >= 15 is 0 Å². The number of rotatable bonds is 5. The lowest BCUT2D eigenvalue weighted by atomic mass is 10.0. The number of ether oxygens (including phenoxy) is 1. The minimum Gasteiger partial charge on any atom is -0.426 e. The molecule has 1 amide bonds. The van der Waals surface area contributed by atoms with Crippen LogP contribution in [0.4, 0.5) is 0 Å². The number of hydrogen-bond acceptors (Lipinski definition) is 3. The highest BCUT2D eigenvalue weighted by Gasteiger charge is 2.18. The van der Waals surface area contributed by atoms with E-state index in [1.54, 1.807) is 6.07 Å². The summed E-state index contributed by atoms with van der Waals surface area (Å²) in [5.74, 6) is -0.105. The van der Waals surface area contributed by atoms with Gasteiger partial charge in [0.15, 0.2) is 0 Å². The van der Waals surface area contributed by atoms with Crippen LogP contribution in [0.1, 0.15) is 24.9 Å². The smallest absolute Gasteiger partial charge is 0.313 e. The molecule has 0 unspecified atom stereocenters. The molecule has 3 rings (SSSR count). The molecule has 1 N–H and O–H groups in total. The summed E-state index contributed by atoms with van der Waals surface area (Å²) in [6, 6.07) is 20.4. The van der Waals surface area contributed by atoms with Gasteiger partial charge in [-0.1, -0.05) is 58.4 Å². The van der Waals surface area contributed by atoms with Crippen molar-refractivity contribution < 1.29 is 14.3 Å². The first-order valence-electron chi connectivity index (χ1n) is 8.23. The fraction of sp³-hybridized carbons (Fsp3) is 0.143. The van der Waals surface area contributed by atoms with Crippen LogP contribution in [0.15, 0.2) is 71.2 Å². The third kappa shape index (κ3) is 4.70. The lowest BCUT2D eigenvalue weighted by Gasteiger charge is -2.17. The SMILES string of the molecule is CC(=O)N[C@H](CC(=O)Oc1ccc2cc(Br)ccc2c1)c1ccccc1. The van der Waals surface area contributed by atoms with Crippen LogP contribution in [-0.2, 0) is 9.59 Å². The number of carbonyl (C=O) groups excluding carboxylic acids is 2. The molecule has 0 radical (unpaired) electrons.